The number of aryl methyl sites for hydroxylation is 1. The normalized spacial score (nSPS) is 10.2. The van der Waals surface area contributed by atoms with E-state index in [4.69, 9.17) is 22.7 Å². The first-order chi connectivity index (χ1) is 10.1. The molecule has 3 N–H and O–H groups in total. The molecule has 0 amide bonds. The zero-order valence-corrected chi connectivity index (χ0v) is 13.2. The van der Waals surface area contributed by atoms with Crippen LogP contribution < -0.4 is 15.8 Å². The lowest BCUT2D eigenvalue weighted by Crippen LogP contribution is -2.12. The van der Waals surface area contributed by atoms with E-state index in [-0.39, 0.29) is 0 Å². The molecule has 0 saturated carbocycles. The summed E-state index contributed by atoms with van der Waals surface area (Å²) in [6, 6.07) is 14.2. The Morgan fingerprint density at radius 2 is 2.05 bits per heavy atom. The molecule has 3 nitrogen and oxygen atoms in total. The number of methoxy groups -OCH3 is 1. The lowest BCUT2D eigenvalue weighted by atomic mass is 10.1. The number of hydrogen-bond acceptors (Lipinski definition) is 3. The molecular weight excluding hydrogens is 280 g/mol. The van der Waals surface area contributed by atoms with Gasteiger partial charge in [0.2, 0.25) is 0 Å². The number of benzene rings is 2. The van der Waals surface area contributed by atoms with Crippen LogP contribution in [0.2, 0.25) is 0 Å². The predicted octanol–water partition coefficient (Wildman–Crippen LogP) is 3.29. The van der Waals surface area contributed by atoms with Crippen molar-refractivity contribution in [3.8, 4) is 5.75 Å². The summed E-state index contributed by atoms with van der Waals surface area (Å²) in [5.74, 6) is 0.893. The second-order valence-corrected chi connectivity index (χ2v) is 5.36. The van der Waals surface area contributed by atoms with E-state index in [0.717, 1.165) is 35.5 Å². The Labute approximate surface area is 131 Å². The van der Waals surface area contributed by atoms with E-state index >= 15 is 0 Å². The van der Waals surface area contributed by atoms with Gasteiger partial charge in [-0.15, -0.1) is 0 Å². The summed E-state index contributed by atoms with van der Waals surface area (Å²) in [4.78, 5) is 0.440. The van der Waals surface area contributed by atoms with E-state index in [2.05, 4.69) is 23.5 Å². The molecule has 0 aliphatic rings. The number of nitrogens with one attached hydrogen (secondary N) is 1. The van der Waals surface area contributed by atoms with E-state index in [0.29, 0.717) is 4.99 Å². The van der Waals surface area contributed by atoms with Crippen molar-refractivity contribution in [2.75, 3.05) is 19.0 Å². The maximum absolute atomic E-state index is 5.67. The molecule has 2 rings (SSSR count). The number of ether oxygens (including phenoxy) is 1. The van der Waals surface area contributed by atoms with Crippen LogP contribution in [0.5, 0.6) is 5.75 Å². The average Bonchev–Trinajstić information content (AvgIpc) is 2.47. The van der Waals surface area contributed by atoms with Crippen molar-refractivity contribution < 1.29 is 4.74 Å². The molecule has 0 bridgehead atoms. The highest BCUT2D eigenvalue weighted by atomic mass is 32.1. The molecule has 0 aromatic heterocycles. The summed E-state index contributed by atoms with van der Waals surface area (Å²) in [7, 11) is 1.68. The van der Waals surface area contributed by atoms with Gasteiger partial charge in [0.1, 0.15) is 10.7 Å². The summed E-state index contributed by atoms with van der Waals surface area (Å²) < 4.78 is 5.23. The Bertz CT molecular complexity index is 640. The van der Waals surface area contributed by atoms with Gasteiger partial charge in [-0.25, -0.2) is 0 Å². The maximum atomic E-state index is 5.67. The summed E-state index contributed by atoms with van der Waals surface area (Å²) >= 11 is 5.01. The van der Waals surface area contributed by atoms with Crippen LogP contribution in [-0.4, -0.2) is 18.6 Å². The van der Waals surface area contributed by atoms with Gasteiger partial charge in [-0.1, -0.05) is 24.4 Å². The van der Waals surface area contributed by atoms with E-state index in [9.17, 15) is 0 Å². The van der Waals surface area contributed by atoms with Gasteiger partial charge in [0.15, 0.2) is 0 Å². The quantitative estimate of drug-likeness (QED) is 0.804. The maximum Gasteiger partial charge on any atom is 0.119 e. The van der Waals surface area contributed by atoms with Gasteiger partial charge in [0, 0.05) is 17.8 Å². The first-order valence-corrected chi connectivity index (χ1v) is 7.28. The Morgan fingerprint density at radius 3 is 2.71 bits per heavy atom. The number of rotatable bonds is 6. The Morgan fingerprint density at radius 1 is 1.24 bits per heavy atom. The third kappa shape index (κ3) is 4.20. The molecule has 2 aromatic carbocycles. The van der Waals surface area contributed by atoms with Crippen LogP contribution in [0.25, 0.3) is 0 Å². The lowest BCUT2D eigenvalue weighted by Gasteiger charge is -2.10. The smallest absolute Gasteiger partial charge is 0.119 e. The monoisotopic (exact) mass is 300 g/mol. The third-order valence-corrected chi connectivity index (χ3v) is 3.59. The minimum absolute atomic E-state index is 0.440. The molecular formula is C17H20N2OS. The Kier molecular flexibility index (Phi) is 5.17. The van der Waals surface area contributed by atoms with Gasteiger partial charge in [-0.3, -0.25) is 0 Å². The van der Waals surface area contributed by atoms with Crippen molar-refractivity contribution in [1.29, 1.82) is 0 Å². The summed E-state index contributed by atoms with van der Waals surface area (Å²) in [6.07, 6.45) is 0.938. The molecule has 4 heteroatoms. The van der Waals surface area contributed by atoms with E-state index in [1.54, 1.807) is 7.11 Å². The molecule has 110 valence electrons. The molecule has 0 fully saturated rings. The molecule has 21 heavy (non-hydrogen) atoms. The highest BCUT2D eigenvalue weighted by Crippen LogP contribution is 2.16. The minimum Gasteiger partial charge on any atom is -0.497 e. The second kappa shape index (κ2) is 7.09. The summed E-state index contributed by atoms with van der Waals surface area (Å²) in [6.45, 7) is 2.88. The van der Waals surface area contributed by atoms with Crippen molar-refractivity contribution in [3.63, 3.8) is 0 Å². The SMILES string of the molecule is COc1cccc(CCNc2ccc(C(N)=S)c(C)c2)c1. The van der Waals surface area contributed by atoms with Crippen LogP contribution in [0.15, 0.2) is 42.5 Å². The van der Waals surface area contributed by atoms with Crippen LogP contribution in [0.4, 0.5) is 5.69 Å². The Balaban J connectivity index is 1.94. The number of anilines is 1. The third-order valence-electron chi connectivity index (χ3n) is 3.37. The van der Waals surface area contributed by atoms with Crippen LogP contribution in [0.1, 0.15) is 16.7 Å². The van der Waals surface area contributed by atoms with Gasteiger partial charge in [-0.05, 0) is 54.8 Å². The molecule has 0 unspecified atom stereocenters. The topological polar surface area (TPSA) is 47.3 Å². The van der Waals surface area contributed by atoms with E-state index in [1.807, 2.05) is 31.2 Å². The minimum atomic E-state index is 0.440. The molecule has 0 spiro atoms. The van der Waals surface area contributed by atoms with Gasteiger partial charge in [0.25, 0.3) is 0 Å². The van der Waals surface area contributed by atoms with Crippen molar-refractivity contribution in [3.05, 3.63) is 59.2 Å². The van der Waals surface area contributed by atoms with E-state index in [1.165, 1.54) is 5.56 Å². The van der Waals surface area contributed by atoms with Crippen LogP contribution in [0, 0.1) is 6.92 Å². The van der Waals surface area contributed by atoms with E-state index < -0.39 is 0 Å². The molecule has 0 saturated heterocycles. The fraction of sp³-hybridized carbons (Fsp3) is 0.235. The van der Waals surface area contributed by atoms with Gasteiger partial charge in [0.05, 0.1) is 7.11 Å². The van der Waals surface area contributed by atoms with Crippen LogP contribution in [0.3, 0.4) is 0 Å². The van der Waals surface area contributed by atoms with Gasteiger partial charge in [-0.2, -0.15) is 0 Å². The van der Waals surface area contributed by atoms with Crippen molar-refractivity contribution in [2.24, 2.45) is 5.73 Å². The number of hydrogen-bond donors (Lipinski definition) is 2. The zero-order chi connectivity index (χ0) is 15.2. The molecule has 2 aromatic rings. The number of nitrogens with two attached hydrogens (primary N) is 1. The second-order valence-electron chi connectivity index (χ2n) is 4.92. The average molecular weight is 300 g/mol. The van der Waals surface area contributed by atoms with Crippen molar-refractivity contribution >= 4 is 22.9 Å². The Hall–Kier alpha value is -2.07. The summed E-state index contributed by atoms with van der Waals surface area (Å²) in [5.41, 5.74) is 10.0. The largest absolute Gasteiger partial charge is 0.497 e. The van der Waals surface area contributed by atoms with Gasteiger partial charge < -0.3 is 15.8 Å². The van der Waals surface area contributed by atoms with Crippen molar-refractivity contribution in [1.82, 2.24) is 0 Å². The van der Waals surface area contributed by atoms with Crippen molar-refractivity contribution in [2.45, 2.75) is 13.3 Å². The fourth-order valence-corrected chi connectivity index (χ4v) is 2.46. The number of thiocarbonyl (C=S) groups is 1. The predicted molar refractivity (Wildman–Crippen MR) is 92.3 cm³/mol. The molecule has 0 aliphatic carbocycles. The zero-order valence-electron chi connectivity index (χ0n) is 12.3. The lowest BCUT2D eigenvalue weighted by molar-refractivity contribution is 0.414. The summed E-state index contributed by atoms with van der Waals surface area (Å²) in [5, 5.41) is 3.41. The first-order valence-electron chi connectivity index (χ1n) is 6.87. The first kappa shape index (κ1) is 15.3. The van der Waals surface area contributed by atoms with Gasteiger partial charge >= 0.3 is 0 Å². The molecule has 0 heterocycles. The molecule has 0 atom stereocenters. The highest BCUT2D eigenvalue weighted by Gasteiger charge is 2.02. The fourth-order valence-electron chi connectivity index (χ4n) is 2.23. The molecule has 0 radical (unpaired) electrons. The van der Waals surface area contributed by atoms with Crippen LogP contribution >= 0.6 is 12.2 Å². The highest BCUT2D eigenvalue weighted by molar-refractivity contribution is 7.80. The van der Waals surface area contributed by atoms with Crippen LogP contribution in [-0.2, 0) is 6.42 Å². The standard InChI is InChI=1S/C17H20N2OS/c1-12-10-14(6-7-16(12)17(18)21)19-9-8-13-4-3-5-15(11-13)20-2/h3-7,10-11,19H,8-9H2,1-2H3,(H2,18,21). The molecule has 0 aliphatic heterocycles.